The first-order valence-electron chi connectivity index (χ1n) is 25.1. The average molecular weight is 934 g/mol. The lowest BCUT2D eigenvalue weighted by Gasteiger charge is -2.29. The molecule has 0 bridgehead atoms. The first-order chi connectivity index (χ1) is 34.9. The van der Waals surface area contributed by atoms with E-state index in [1.807, 2.05) is 0 Å². The van der Waals surface area contributed by atoms with Gasteiger partial charge in [0.2, 0.25) is 0 Å². The number of anilines is 9. The fraction of sp³-hybridized carbons (Fsp3) is 0.130. The highest BCUT2D eigenvalue weighted by molar-refractivity contribution is 5.85. The number of hydrogen-bond donors (Lipinski definition) is 0. The van der Waals surface area contributed by atoms with Gasteiger partial charge in [-0.1, -0.05) is 161 Å². The van der Waals surface area contributed by atoms with Crippen LogP contribution >= 0.6 is 0 Å². The highest BCUT2D eigenvalue weighted by Crippen LogP contribution is 2.43. The Morgan fingerprint density at radius 2 is 0.361 bits per heavy atom. The van der Waals surface area contributed by atoms with Crippen molar-refractivity contribution in [3.05, 3.63) is 268 Å². The third-order valence-electron chi connectivity index (χ3n) is 14.1. The second kappa shape index (κ2) is 20.1. The zero-order valence-corrected chi connectivity index (χ0v) is 43.1. The minimum atomic E-state index is 1.10. The molecule has 0 saturated carbocycles. The predicted molar refractivity (Wildman–Crippen MR) is 309 cm³/mol. The summed E-state index contributed by atoms with van der Waals surface area (Å²) >= 11 is 0. The fourth-order valence-electron chi connectivity index (χ4n) is 10.2. The molecule has 72 heavy (non-hydrogen) atoms. The predicted octanol–water partition coefficient (Wildman–Crippen LogP) is 19.9. The van der Waals surface area contributed by atoms with Crippen molar-refractivity contribution in [2.75, 3.05) is 14.7 Å². The van der Waals surface area contributed by atoms with Crippen LogP contribution in [-0.4, -0.2) is 0 Å². The van der Waals surface area contributed by atoms with Crippen LogP contribution in [0.3, 0.4) is 0 Å². The molecule has 0 spiro atoms. The lowest BCUT2D eigenvalue weighted by Crippen LogP contribution is -2.13. The van der Waals surface area contributed by atoms with Crippen molar-refractivity contribution in [2.24, 2.45) is 0 Å². The summed E-state index contributed by atoms with van der Waals surface area (Å²) in [6.07, 6.45) is 0. The summed E-state index contributed by atoms with van der Waals surface area (Å²) in [5, 5.41) is 0. The molecule has 0 amide bonds. The normalized spacial score (nSPS) is 11.1. The molecule has 0 unspecified atom stereocenters. The maximum atomic E-state index is 2.40. The van der Waals surface area contributed by atoms with E-state index in [0.29, 0.717) is 0 Å². The quantitative estimate of drug-likeness (QED) is 0.121. The molecule has 0 aliphatic carbocycles. The highest BCUT2D eigenvalue weighted by atomic mass is 15.2. The van der Waals surface area contributed by atoms with Gasteiger partial charge in [0.15, 0.2) is 0 Å². The van der Waals surface area contributed by atoms with Crippen LogP contribution in [0.5, 0.6) is 0 Å². The van der Waals surface area contributed by atoms with E-state index < -0.39 is 0 Å². The number of benzene rings is 10. The minimum Gasteiger partial charge on any atom is -0.310 e. The number of hydrogen-bond acceptors (Lipinski definition) is 3. The lowest BCUT2D eigenvalue weighted by atomic mass is 10.0. The van der Waals surface area contributed by atoms with Gasteiger partial charge in [-0.3, -0.25) is 0 Å². The van der Waals surface area contributed by atoms with Gasteiger partial charge >= 0.3 is 0 Å². The summed E-state index contributed by atoms with van der Waals surface area (Å²) < 4.78 is 0. The van der Waals surface area contributed by atoms with Crippen molar-refractivity contribution >= 4 is 51.2 Å². The molecule has 3 heteroatoms. The van der Waals surface area contributed by atoms with Gasteiger partial charge in [-0.05, 0) is 203 Å². The minimum absolute atomic E-state index is 1.10. The Kier molecular flexibility index (Phi) is 13.2. The summed E-state index contributed by atoms with van der Waals surface area (Å²) in [7, 11) is 0. The Hall–Kier alpha value is -8.40. The second-order valence-electron chi connectivity index (χ2n) is 19.8. The van der Waals surface area contributed by atoms with Crippen LogP contribution in [0.1, 0.15) is 50.1 Å². The van der Waals surface area contributed by atoms with Crippen LogP contribution in [0.4, 0.5) is 51.2 Å². The van der Waals surface area contributed by atoms with Gasteiger partial charge < -0.3 is 14.7 Å². The van der Waals surface area contributed by atoms with Crippen LogP contribution in [0.2, 0.25) is 0 Å². The Bertz CT molecular complexity index is 3460. The van der Waals surface area contributed by atoms with Gasteiger partial charge in [0.1, 0.15) is 0 Å². The lowest BCUT2D eigenvalue weighted by molar-refractivity contribution is 1.21. The number of rotatable bonds is 12. The number of aryl methyl sites for hydroxylation is 9. The molecule has 10 aromatic carbocycles. The molecule has 0 atom stereocenters. The van der Waals surface area contributed by atoms with Crippen molar-refractivity contribution in [1.82, 2.24) is 0 Å². The average Bonchev–Trinajstić information content (AvgIpc) is 3.38. The van der Waals surface area contributed by atoms with Crippen LogP contribution < -0.4 is 14.7 Å². The fourth-order valence-corrected chi connectivity index (χ4v) is 10.2. The van der Waals surface area contributed by atoms with Crippen LogP contribution in [-0.2, 0) is 0 Å². The maximum absolute atomic E-state index is 2.40. The maximum Gasteiger partial charge on any atom is 0.0491 e. The third-order valence-corrected chi connectivity index (χ3v) is 14.1. The molecule has 354 valence electrons. The molecule has 10 rings (SSSR count). The van der Waals surface area contributed by atoms with E-state index in [0.717, 1.165) is 34.1 Å². The topological polar surface area (TPSA) is 9.72 Å². The molecule has 0 aromatic heterocycles. The van der Waals surface area contributed by atoms with Gasteiger partial charge in [0, 0.05) is 51.2 Å². The molecule has 0 aliphatic heterocycles. The van der Waals surface area contributed by atoms with Crippen molar-refractivity contribution in [1.29, 1.82) is 0 Å². The van der Waals surface area contributed by atoms with Crippen LogP contribution in [0.15, 0.2) is 218 Å². The van der Waals surface area contributed by atoms with Gasteiger partial charge in [-0.2, -0.15) is 0 Å². The van der Waals surface area contributed by atoms with Crippen molar-refractivity contribution in [3.63, 3.8) is 0 Å². The Morgan fingerprint density at radius 3 is 0.583 bits per heavy atom. The molecule has 0 heterocycles. The van der Waals surface area contributed by atoms with Crippen LogP contribution in [0.25, 0.3) is 33.4 Å². The molecule has 3 nitrogen and oxygen atoms in total. The van der Waals surface area contributed by atoms with E-state index in [9.17, 15) is 0 Å². The van der Waals surface area contributed by atoms with E-state index in [4.69, 9.17) is 0 Å². The monoisotopic (exact) mass is 934 g/mol. The van der Waals surface area contributed by atoms with E-state index in [1.165, 1.54) is 101 Å². The molecule has 0 fully saturated rings. The molecule has 0 N–H and O–H groups in total. The summed E-state index contributed by atoms with van der Waals surface area (Å²) in [5.41, 5.74) is 28.6. The molecule has 0 radical (unpaired) electrons. The van der Waals surface area contributed by atoms with Gasteiger partial charge in [0.25, 0.3) is 0 Å². The smallest absolute Gasteiger partial charge is 0.0491 e. The van der Waals surface area contributed by atoms with Gasteiger partial charge in [-0.15, -0.1) is 0 Å². The summed E-state index contributed by atoms with van der Waals surface area (Å²) in [4.78, 5) is 7.15. The second-order valence-corrected chi connectivity index (χ2v) is 19.8. The largest absolute Gasteiger partial charge is 0.310 e. The number of nitrogens with zero attached hydrogens (tertiary/aromatic N) is 3. The molecule has 0 saturated heterocycles. The van der Waals surface area contributed by atoms with Gasteiger partial charge in [-0.25, -0.2) is 0 Å². The Morgan fingerprint density at radius 1 is 0.181 bits per heavy atom. The molecule has 0 aliphatic rings. The van der Waals surface area contributed by atoms with E-state index in [2.05, 4.69) is 295 Å². The zero-order chi connectivity index (χ0) is 50.0. The van der Waals surface area contributed by atoms with Crippen molar-refractivity contribution in [2.45, 2.75) is 62.3 Å². The van der Waals surface area contributed by atoms with E-state index in [-0.39, 0.29) is 0 Å². The molecular weight excluding hydrogens is 871 g/mol. The van der Waals surface area contributed by atoms with E-state index >= 15 is 0 Å². The zero-order valence-electron chi connectivity index (χ0n) is 43.1. The molecule has 10 aromatic rings. The first kappa shape index (κ1) is 47.3. The first-order valence-corrected chi connectivity index (χ1v) is 25.1. The SMILES string of the molecule is Cc1ccc(-c2ccc(N(c3ccc(-c4ccc(N(c5ccc(-c6ccc(N(c7ccc(C)cc7C)c7ccc(C)cc7C)cc6)cc5)c5ccc(C)cc5C)cc4)cc3)c3ccc(C)cc3C)cc2)cc1. The summed E-state index contributed by atoms with van der Waals surface area (Å²) in [6, 6.07) is 80.6. The molecular formula is C69H63N3. The summed E-state index contributed by atoms with van der Waals surface area (Å²) in [6.45, 7) is 19.6. The Labute approximate surface area is 428 Å². The van der Waals surface area contributed by atoms with E-state index in [1.54, 1.807) is 0 Å². The van der Waals surface area contributed by atoms with Crippen molar-refractivity contribution < 1.29 is 0 Å². The van der Waals surface area contributed by atoms with Gasteiger partial charge in [0.05, 0.1) is 0 Å². The third kappa shape index (κ3) is 9.84. The van der Waals surface area contributed by atoms with Crippen molar-refractivity contribution in [3.8, 4) is 33.4 Å². The summed E-state index contributed by atoms with van der Waals surface area (Å²) in [5.74, 6) is 0. The highest BCUT2D eigenvalue weighted by Gasteiger charge is 2.20. The van der Waals surface area contributed by atoms with Crippen LogP contribution in [0, 0.1) is 62.3 Å². The Balaban J connectivity index is 0.932. The standard InChI is InChI=1S/C69H63N3/c1-46-10-16-55(17-11-46)56-18-28-61(29-19-56)70(66-38-12-47(2)42-51(66)6)62-30-20-57(21-31-62)58-22-32-63(33-23-58)71(67-39-13-48(3)43-52(67)7)64-34-24-59(25-35-64)60-26-36-65(37-27-60)72(68-40-14-49(4)44-53(68)8)69-41-15-50(5)45-54(69)9/h10-45H,1-9H3.